The van der Waals surface area contributed by atoms with Crippen LogP contribution in [0.15, 0.2) is 17.1 Å². The third-order valence-corrected chi connectivity index (χ3v) is 5.55. The summed E-state index contributed by atoms with van der Waals surface area (Å²) in [6.45, 7) is 6.66. The van der Waals surface area contributed by atoms with Crippen LogP contribution in [0.2, 0.25) is 0 Å². The van der Waals surface area contributed by atoms with Gasteiger partial charge in [0.15, 0.2) is 5.96 Å². The maximum Gasteiger partial charge on any atom is 0.194 e. The Morgan fingerprint density at radius 2 is 1.81 bits per heavy atom. The first-order valence-electron chi connectivity index (χ1n) is 10.8. The van der Waals surface area contributed by atoms with Gasteiger partial charge < -0.3 is 33.9 Å². The number of guanidine groups is 1. The SMILES string of the molecule is CCNC(=NCCc1c(OC)cc(OC)cc1OC)N1CCOC(C2CCCO2)C1.I. The van der Waals surface area contributed by atoms with E-state index in [9.17, 15) is 0 Å². The summed E-state index contributed by atoms with van der Waals surface area (Å²) in [7, 11) is 4.95. The van der Waals surface area contributed by atoms with E-state index in [2.05, 4.69) is 17.1 Å². The highest BCUT2D eigenvalue weighted by atomic mass is 127. The Kier molecular flexibility index (Phi) is 11.0. The van der Waals surface area contributed by atoms with Gasteiger partial charge in [-0.2, -0.15) is 0 Å². The lowest BCUT2D eigenvalue weighted by molar-refractivity contribution is -0.0817. The van der Waals surface area contributed by atoms with E-state index in [1.165, 1.54) is 0 Å². The number of rotatable bonds is 8. The van der Waals surface area contributed by atoms with Crippen LogP contribution in [0.4, 0.5) is 0 Å². The number of ether oxygens (including phenoxy) is 5. The van der Waals surface area contributed by atoms with Crippen LogP contribution in [0, 0.1) is 0 Å². The molecule has 1 aromatic carbocycles. The molecule has 2 aliphatic heterocycles. The van der Waals surface area contributed by atoms with Gasteiger partial charge in [-0.05, 0) is 26.2 Å². The number of aliphatic imine (C=N–C) groups is 1. The first kappa shape index (κ1) is 25.8. The predicted molar refractivity (Wildman–Crippen MR) is 131 cm³/mol. The number of benzene rings is 1. The maximum atomic E-state index is 5.98. The summed E-state index contributed by atoms with van der Waals surface area (Å²) in [5.41, 5.74) is 0.986. The molecule has 2 fully saturated rings. The predicted octanol–water partition coefficient (Wildman–Crippen LogP) is 2.72. The first-order chi connectivity index (χ1) is 14.7. The lowest BCUT2D eigenvalue weighted by Gasteiger charge is -2.37. The van der Waals surface area contributed by atoms with Crippen molar-refractivity contribution in [2.24, 2.45) is 4.99 Å². The second-order valence-electron chi connectivity index (χ2n) is 7.40. The van der Waals surface area contributed by atoms with E-state index in [0.717, 1.165) is 62.1 Å². The van der Waals surface area contributed by atoms with E-state index in [1.807, 2.05) is 12.1 Å². The molecule has 9 heteroatoms. The number of morpholine rings is 1. The summed E-state index contributed by atoms with van der Waals surface area (Å²) in [6, 6.07) is 3.75. The minimum atomic E-state index is 0. The van der Waals surface area contributed by atoms with Crippen molar-refractivity contribution in [1.29, 1.82) is 0 Å². The van der Waals surface area contributed by atoms with Gasteiger partial charge in [0.1, 0.15) is 23.4 Å². The normalized spacial score (nSPS) is 21.4. The summed E-state index contributed by atoms with van der Waals surface area (Å²) >= 11 is 0. The monoisotopic (exact) mass is 549 g/mol. The molecule has 0 saturated carbocycles. The topological polar surface area (TPSA) is 73.8 Å². The van der Waals surface area contributed by atoms with Crippen molar-refractivity contribution in [1.82, 2.24) is 10.2 Å². The molecule has 2 saturated heterocycles. The molecule has 2 heterocycles. The van der Waals surface area contributed by atoms with Crippen LogP contribution in [0.5, 0.6) is 17.2 Å². The molecular weight excluding hydrogens is 513 g/mol. The molecule has 0 spiro atoms. The highest BCUT2D eigenvalue weighted by Crippen LogP contribution is 2.34. The molecule has 0 aliphatic carbocycles. The van der Waals surface area contributed by atoms with Crippen molar-refractivity contribution < 1.29 is 23.7 Å². The number of hydrogen-bond donors (Lipinski definition) is 1. The minimum Gasteiger partial charge on any atom is -0.496 e. The smallest absolute Gasteiger partial charge is 0.194 e. The van der Waals surface area contributed by atoms with E-state index >= 15 is 0 Å². The van der Waals surface area contributed by atoms with E-state index in [4.69, 9.17) is 28.7 Å². The van der Waals surface area contributed by atoms with Gasteiger partial charge in [-0.15, -0.1) is 24.0 Å². The van der Waals surface area contributed by atoms with Crippen LogP contribution < -0.4 is 19.5 Å². The summed E-state index contributed by atoms with van der Waals surface area (Å²) < 4.78 is 28.3. The summed E-state index contributed by atoms with van der Waals surface area (Å²) in [5, 5.41) is 3.42. The zero-order chi connectivity index (χ0) is 21.3. The molecule has 1 aromatic rings. The van der Waals surface area contributed by atoms with Crippen molar-refractivity contribution in [3.63, 3.8) is 0 Å². The average Bonchev–Trinajstić information content (AvgIpc) is 3.33. The molecule has 2 atom stereocenters. The Hall–Kier alpha value is -1.46. The molecule has 176 valence electrons. The molecule has 8 nitrogen and oxygen atoms in total. The van der Waals surface area contributed by atoms with Crippen molar-refractivity contribution >= 4 is 29.9 Å². The fourth-order valence-corrected chi connectivity index (χ4v) is 4.01. The highest BCUT2D eigenvalue weighted by molar-refractivity contribution is 14.0. The van der Waals surface area contributed by atoms with Crippen molar-refractivity contribution in [3.05, 3.63) is 17.7 Å². The molecule has 0 radical (unpaired) electrons. The third-order valence-electron chi connectivity index (χ3n) is 5.55. The average molecular weight is 549 g/mol. The molecule has 0 amide bonds. The lowest BCUT2D eigenvalue weighted by atomic mass is 10.1. The van der Waals surface area contributed by atoms with Gasteiger partial charge in [-0.3, -0.25) is 4.99 Å². The molecule has 0 bridgehead atoms. The summed E-state index contributed by atoms with van der Waals surface area (Å²) in [5.74, 6) is 3.11. The Labute approximate surface area is 202 Å². The highest BCUT2D eigenvalue weighted by Gasteiger charge is 2.32. The third kappa shape index (κ3) is 6.76. The van der Waals surface area contributed by atoms with Crippen LogP contribution in [-0.2, 0) is 15.9 Å². The molecule has 3 rings (SSSR count). The van der Waals surface area contributed by atoms with Crippen LogP contribution in [0.25, 0.3) is 0 Å². The number of hydrogen-bond acceptors (Lipinski definition) is 6. The Bertz CT molecular complexity index is 687. The van der Waals surface area contributed by atoms with E-state index < -0.39 is 0 Å². The summed E-state index contributed by atoms with van der Waals surface area (Å²) in [4.78, 5) is 7.16. The number of nitrogens with zero attached hydrogens (tertiary/aromatic N) is 2. The van der Waals surface area contributed by atoms with Crippen molar-refractivity contribution in [2.75, 3.05) is 60.7 Å². The quantitative estimate of drug-likeness (QED) is 0.304. The second-order valence-corrected chi connectivity index (χ2v) is 7.40. The molecule has 0 aromatic heterocycles. The Morgan fingerprint density at radius 1 is 1.10 bits per heavy atom. The minimum absolute atomic E-state index is 0. The van der Waals surface area contributed by atoms with Crippen molar-refractivity contribution in [2.45, 2.75) is 38.4 Å². The molecule has 2 unspecified atom stereocenters. The number of halogens is 1. The Morgan fingerprint density at radius 3 is 2.39 bits per heavy atom. The van der Waals surface area contributed by atoms with E-state index in [0.29, 0.717) is 25.3 Å². The number of nitrogens with one attached hydrogen (secondary N) is 1. The van der Waals surface area contributed by atoms with E-state index in [1.54, 1.807) is 21.3 Å². The van der Waals surface area contributed by atoms with Gasteiger partial charge in [-0.25, -0.2) is 0 Å². The van der Waals surface area contributed by atoms with Gasteiger partial charge in [-0.1, -0.05) is 0 Å². The van der Waals surface area contributed by atoms with Gasteiger partial charge >= 0.3 is 0 Å². The molecule has 1 N–H and O–H groups in total. The zero-order valence-corrected chi connectivity index (χ0v) is 21.3. The van der Waals surface area contributed by atoms with E-state index in [-0.39, 0.29) is 36.2 Å². The first-order valence-corrected chi connectivity index (χ1v) is 10.8. The standard InChI is InChI=1S/C22H35N3O5.HI/c1-5-23-22(25-10-12-30-21(15-25)18-7-6-11-29-18)24-9-8-17-19(27-3)13-16(26-2)14-20(17)28-4;/h13-14,18,21H,5-12,15H2,1-4H3,(H,23,24);1H. The molecular formula is C22H36IN3O5. The van der Waals surface area contributed by atoms with Crippen LogP contribution in [-0.4, -0.2) is 83.8 Å². The van der Waals surface area contributed by atoms with Crippen LogP contribution in [0.1, 0.15) is 25.3 Å². The van der Waals surface area contributed by atoms with Gasteiger partial charge in [0.25, 0.3) is 0 Å². The second kappa shape index (κ2) is 13.2. The van der Waals surface area contributed by atoms with Gasteiger partial charge in [0, 0.05) is 50.5 Å². The van der Waals surface area contributed by atoms with Gasteiger partial charge in [0.2, 0.25) is 0 Å². The van der Waals surface area contributed by atoms with Crippen LogP contribution in [0.3, 0.4) is 0 Å². The fraction of sp³-hybridized carbons (Fsp3) is 0.682. The van der Waals surface area contributed by atoms with Crippen LogP contribution >= 0.6 is 24.0 Å². The zero-order valence-electron chi connectivity index (χ0n) is 19.0. The fourth-order valence-electron chi connectivity index (χ4n) is 4.01. The molecule has 2 aliphatic rings. The number of methoxy groups -OCH3 is 3. The lowest BCUT2D eigenvalue weighted by Crippen LogP contribution is -2.53. The van der Waals surface area contributed by atoms with Gasteiger partial charge in [0.05, 0.1) is 34.0 Å². The van der Waals surface area contributed by atoms with Crippen molar-refractivity contribution in [3.8, 4) is 17.2 Å². The molecule has 31 heavy (non-hydrogen) atoms. The largest absolute Gasteiger partial charge is 0.496 e. The summed E-state index contributed by atoms with van der Waals surface area (Å²) in [6.07, 6.45) is 3.19. The maximum absolute atomic E-state index is 5.98. The Balaban J connectivity index is 0.00000341.